The van der Waals surface area contributed by atoms with Crippen LogP contribution >= 0.6 is 0 Å². The fourth-order valence-corrected chi connectivity index (χ4v) is 6.46. The van der Waals surface area contributed by atoms with Gasteiger partial charge in [-0.2, -0.15) is 0 Å². The molecule has 44 heavy (non-hydrogen) atoms. The zero-order chi connectivity index (χ0) is 29.5. The van der Waals surface area contributed by atoms with Gasteiger partial charge in [0.15, 0.2) is 0 Å². The molecular weight excluding hydrogens is 536 g/mol. The van der Waals surface area contributed by atoms with Crippen LogP contribution < -0.4 is 4.74 Å². The van der Waals surface area contributed by atoms with E-state index in [1.807, 2.05) is 12.1 Å². The molecule has 3 nitrogen and oxygen atoms in total. The maximum Gasteiger partial charge on any atom is 0.119 e. The Bertz CT molecular complexity index is 2180. The minimum Gasteiger partial charge on any atom is -0.497 e. The van der Waals surface area contributed by atoms with Gasteiger partial charge in [0.1, 0.15) is 5.75 Å². The van der Waals surface area contributed by atoms with Gasteiger partial charge in [-0.05, 0) is 95.8 Å². The first-order chi connectivity index (χ1) is 21.8. The second-order valence-corrected chi connectivity index (χ2v) is 11.3. The standard InChI is InChI=1S/C41H32N2O/c1-44-37-23-21-36(22-24-37)43-39(30-13-7-3-8-14-30)28-34-20-18-32(26-41(34)43)31-17-19-33-27-38(29-11-5-2-6-12-29)42(40(33)25-31)35-15-9-4-10-16-35/h2,4-7,9-28H,3,8H2,1H3. The molecule has 0 spiro atoms. The van der Waals surface area contributed by atoms with E-state index in [0.717, 1.165) is 30.0 Å². The third kappa shape index (κ3) is 4.54. The summed E-state index contributed by atoms with van der Waals surface area (Å²) < 4.78 is 10.2. The van der Waals surface area contributed by atoms with Crippen LogP contribution in [-0.2, 0) is 0 Å². The Morgan fingerprint density at radius 3 is 1.73 bits per heavy atom. The Kier molecular flexibility index (Phi) is 6.49. The van der Waals surface area contributed by atoms with Gasteiger partial charge in [-0.3, -0.25) is 0 Å². The van der Waals surface area contributed by atoms with Crippen LogP contribution in [0, 0.1) is 0 Å². The van der Waals surface area contributed by atoms with Crippen molar-refractivity contribution in [3.05, 3.63) is 157 Å². The molecule has 2 heterocycles. The fourth-order valence-electron chi connectivity index (χ4n) is 6.46. The first-order valence-electron chi connectivity index (χ1n) is 15.2. The molecule has 0 radical (unpaired) electrons. The van der Waals surface area contributed by atoms with Crippen LogP contribution in [0.2, 0.25) is 0 Å². The second kappa shape index (κ2) is 10.9. The Balaban J connectivity index is 1.32. The van der Waals surface area contributed by atoms with Crippen molar-refractivity contribution >= 4 is 27.4 Å². The van der Waals surface area contributed by atoms with Crippen molar-refractivity contribution < 1.29 is 4.74 Å². The Morgan fingerprint density at radius 1 is 0.523 bits per heavy atom. The van der Waals surface area contributed by atoms with Gasteiger partial charge in [0.25, 0.3) is 0 Å². The number of aromatic nitrogens is 2. The van der Waals surface area contributed by atoms with Crippen LogP contribution in [0.1, 0.15) is 18.5 Å². The van der Waals surface area contributed by atoms with Gasteiger partial charge in [0.05, 0.1) is 29.5 Å². The first kappa shape index (κ1) is 26.1. The summed E-state index contributed by atoms with van der Waals surface area (Å²) in [7, 11) is 1.71. The van der Waals surface area contributed by atoms with Crippen molar-refractivity contribution in [3.8, 4) is 39.5 Å². The first-order valence-corrected chi connectivity index (χ1v) is 15.2. The molecule has 0 unspecified atom stereocenters. The summed E-state index contributed by atoms with van der Waals surface area (Å²) in [6, 6.07) is 48.0. The van der Waals surface area contributed by atoms with E-state index in [-0.39, 0.29) is 0 Å². The number of methoxy groups -OCH3 is 1. The van der Waals surface area contributed by atoms with Crippen LogP contribution in [-0.4, -0.2) is 16.2 Å². The van der Waals surface area contributed by atoms with Crippen molar-refractivity contribution in [2.24, 2.45) is 0 Å². The minimum absolute atomic E-state index is 0.855. The summed E-state index contributed by atoms with van der Waals surface area (Å²) in [5.41, 5.74) is 11.9. The maximum absolute atomic E-state index is 5.47. The highest BCUT2D eigenvalue weighted by Crippen LogP contribution is 2.37. The molecule has 0 atom stereocenters. The van der Waals surface area contributed by atoms with E-state index >= 15 is 0 Å². The van der Waals surface area contributed by atoms with E-state index in [0.29, 0.717) is 0 Å². The molecule has 7 aromatic rings. The molecule has 0 bridgehead atoms. The topological polar surface area (TPSA) is 19.1 Å². The Morgan fingerprint density at radius 2 is 1.11 bits per heavy atom. The van der Waals surface area contributed by atoms with E-state index < -0.39 is 0 Å². The van der Waals surface area contributed by atoms with Crippen LogP contribution in [0.25, 0.3) is 61.1 Å². The van der Waals surface area contributed by atoms with Crippen LogP contribution in [0.3, 0.4) is 0 Å². The number of ether oxygens (including phenoxy) is 1. The average molecular weight is 569 g/mol. The Hall–Kier alpha value is -5.54. The molecule has 3 heteroatoms. The second-order valence-electron chi connectivity index (χ2n) is 11.3. The zero-order valence-electron chi connectivity index (χ0n) is 24.7. The van der Waals surface area contributed by atoms with E-state index in [2.05, 4.69) is 149 Å². The number of rotatable bonds is 6. The number of fused-ring (bicyclic) bond motifs is 2. The quantitative estimate of drug-likeness (QED) is 0.195. The minimum atomic E-state index is 0.855. The summed E-state index contributed by atoms with van der Waals surface area (Å²) in [5.74, 6) is 0.855. The summed E-state index contributed by atoms with van der Waals surface area (Å²) in [4.78, 5) is 0. The molecular formula is C41H32N2O. The van der Waals surface area contributed by atoms with Crippen LogP contribution in [0.15, 0.2) is 152 Å². The third-order valence-electron chi connectivity index (χ3n) is 8.65. The largest absolute Gasteiger partial charge is 0.497 e. The molecule has 8 rings (SSSR count). The highest BCUT2D eigenvalue weighted by Gasteiger charge is 2.17. The van der Waals surface area contributed by atoms with E-state index in [1.54, 1.807) is 7.11 Å². The maximum atomic E-state index is 5.47. The summed E-state index contributed by atoms with van der Waals surface area (Å²) in [6.45, 7) is 0. The van der Waals surface area contributed by atoms with Gasteiger partial charge < -0.3 is 13.9 Å². The lowest BCUT2D eigenvalue weighted by molar-refractivity contribution is 0.415. The van der Waals surface area contributed by atoms with Gasteiger partial charge in [-0.15, -0.1) is 0 Å². The van der Waals surface area contributed by atoms with Gasteiger partial charge in [0.2, 0.25) is 0 Å². The predicted octanol–water partition coefficient (Wildman–Crippen LogP) is 10.7. The number of allylic oxidation sites excluding steroid dienone is 4. The number of nitrogens with zero attached hydrogens (tertiary/aromatic N) is 2. The van der Waals surface area contributed by atoms with Crippen molar-refractivity contribution in [1.29, 1.82) is 0 Å². The molecule has 0 N–H and O–H groups in total. The molecule has 0 fully saturated rings. The normalized spacial score (nSPS) is 13.0. The lowest BCUT2D eigenvalue weighted by Crippen LogP contribution is -2.00. The summed E-state index contributed by atoms with van der Waals surface area (Å²) in [5, 5.41) is 2.44. The van der Waals surface area contributed by atoms with E-state index in [4.69, 9.17) is 4.74 Å². The number of hydrogen-bond acceptors (Lipinski definition) is 1. The van der Waals surface area contributed by atoms with Crippen molar-refractivity contribution in [2.75, 3.05) is 7.11 Å². The number of para-hydroxylation sites is 1. The molecule has 0 saturated heterocycles. The van der Waals surface area contributed by atoms with Crippen molar-refractivity contribution in [2.45, 2.75) is 12.8 Å². The van der Waals surface area contributed by atoms with Gasteiger partial charge in [-0.25, -0.2) is 0 Å². The molecule has 1 aliphatic rings. The van der Waals surface area contributed by atoms with Crippen molar-refractivity contribution in [1.82, 2.24) is 9.13 Å². The van der Waals surface area contributed by atoms with Gasteiger partial charge in [0, 0.05) is 22.1 Å². The molecule has 0 saturated carbocycles. The highest BCUT2D eigenvalue weighted by molar-refractivity contribution is 5.95. The summed E-state index contributed by atoms with van der Waals surface area (Å²) in [6.07, 6.45) is 9.04. The lowest BCUT2D eigenvalue weighted by atomic mass is 10.0. The predicted molar refractivity (Wildman–Crippen MR) is 184 cm³/mol. The summed E-state index contributed by atoms with van der Waals surface area (Å²) >= 11 is 0. The SMILES string of the molecule is COc1ccc(-n2c(C3=CCCC=C3)cc3ccc(-c4ccc5cc(-c6ccccc6)n(-c6ccccc6)c5c4)cc32)cc1. The average Bonchev–Trinajstić information content (AvgIpc) is 3.68. The van der Waals surface area contributed by atoms with Gasteiger partial charge in [-0.1, -0.05) is 91.0 Å². The molecule has 212 valence electrons. The lowest BCUT2D eigenvalue weighted by Gasteiger charge is -2.15. The van der Waals surface area contributed by atoms with E-state index in [9.17, 15) is 0 Å². The van der Waals surface area contributed by atoms with Crippen LogP contribution in [0.5, 0.6) is 5.75 Å². The van der Waals surface area contributed by atoms with Crippen LogP contribution in [0.4, 0.5) is 0 Å². The molecule has 5 aromatic carbocycles. The number of hydrogen-bond donors (Lipinski definition) is 0. The molecule has 2 aromatic heterocycles. The Labute approximate surface area is 257 Å². The zero-order valence-corrected chi connectivity index (χ0v) is 24.7. The van der Waals surface area contributed by atoms with E-state index in [1.165, 1.54) is 55.5 Å². The number of benzene rings is 5. The third-order valence-corrected chi connectivity index (χ3v) is 8.65. The molecule has 0 aliphatic heterocycles. The van der Waals surface area contributed by atoms with Gasteiger partial charge >= 0.3 is 0 Å². The fraction of sp³-hybridized carbons (Fsp3) is 0.0732. The monoisotopic (exact) mass is 568 g/mol. The smallest absolute Gasteiger partial charge is 0.119 e. The molecule has 1 aliphatic carbocycles. The molecule has 0 amide bonds. The highest BCUT2D eigenvalue weighted by atomic mass is 16.5. The van der Waals surface area contributed by atoms with Crippen molar-refractivity contribution in [3.63, 3.8) is 0 Å².